The topological polar surface area (TPSA) is 114 Å². The molecule has 0 aliphatic rings. The number of hydrogen-bond donors (Lipinski definition) is 2. The summed E-state index contributed by atoms with van der Waals surface area (Å²) in [6.07, 6.45) is -3.36. The number of halogens is 4. The number of nitriles is 2. The van der Waals surface area contributed by atoms with Crippen molar-refractivity contribution in [1.29, 1.82) is 10.5 Å². The second kappa shape index (κ2) is 6.62. The molecule has 0 bridgehead atoms. The molecule has 0 fully saturated rings. The molecule has 116 valence electrons. The van der Waals surface area contributed by atoms with Crippen molar-refractivity contribution < 1.29 is 13.2 Å². The summed E-state index contributed by atoms with van der Waals surface area (Å²) < 4.78 is 38.4. The first-order valence-electron chi connectivity index (χ1n) is 5.78. The van der Waals surface area contributed by atoms with Gasteiger partial charge in [-0.3, -0.25) is 0 Å². The van der Waals surface area contributed by atoms with E-state index in [1.54, 1.807) is 28.7 Å². The van der Waals surface area contributed by atoms with Crippen LogP contribution in [0.5, 0.6) is 0 Å². The van der Waals surface area contributed by atoms with E-state index in [1.807, 2.05) is 6.07 Å². The molecule has 0 radical (unpaired) electrons. The Balaban J connectivity index is 2.41. The van der Waals surface area contributed by atoms with Gasteiger partial charge in [0.05, 0.1) is 16.8 Å². The fraction of sp³-hybridized carbons (Fsp3) is 0.0833. The molecule has 2 aromatic rings. The zero-order valence-electron chi connectivity index (χ0n) is 11.0. The molecule has 0 amide bonds. The molecule has 0 aliphatic heterocycles. The molecule has 0 spiro atoms. The lowest BCUT2D eigenvalue weighted by molar-refractivity contribution is -0.137. The van der Waals surface area contributed by atoms with Gasteiger partial charge in [-0.1, -0.05) is 0 Å². The molecule has 0 saturated carbocycles. The number of aromatic amines is 1. The SMILES string of the molecule is N#CC(=CNc1c(I)cc(C(F)(F)F)cc1C#N)c1nn[nH]n1. The summed E-state index contributed by atoms with van der Waals surface area (Å²) in [4.78, 5) is 0. The third kappa shape index (κ3) is 3.75. The van der Waals surface area contributed by atoms with E-state index in [-0.39, 0.29) is 26.2 Å². The third-order valence-corrected chi connectivity index (χ3v) is 3.46. The molecule has 2 rings (SSSR count). The molecule has 0 aliphatic carbocycles. The van der Waals surface area contributed by atoms with Crippen LogP contribution in [0.3, 0.4) is 0 Å². The van der Waals surface area contributed by atoms with E-state index < -0.39 is 11.7 Å². The number of aromatic nitrogens is 4. The van der Waals surface area contributed by atoms with Crippen molar-refractivity contribution in [3.8, 4) is 12.1 Å². The Kier molecular flexibility index (Phi) is 4.80. The van der Waals surface area contributed by atoms with Gasteiger partial charge in [-0.05, 0) is 39.9 Å². The summed E-state index contributed by atoms with van der Waals surface area (Å²) in [6, 6.07) is 5.15. The minimum atomic E-state index is -4.55. The minimum absolute atomic E-state index is 0.00154. The van der Waals surface area contributed by atoms with E-state index in [1.165, 1.54) is 6.20 Å². The lowest BCUT2D eigenvalue weighted by atomic mass is 10.1. The maximum Gasteiger partial charge on any atom is 0.416 e. The molecule has 0 atom stereocenters. The van der Waals surface area contributed by atoms with Crippen LogP contribution < -0.4 is 5.32 Å². The molecule has 1 aromatic heterocycles. The highest BCUT2D eigenvalue weighted by Gasteiger charge is 2.32. The van der Waals surface area contributed by atoms with Crippen LogP contribution >= 0.6 is 22.6 Å². The molecule has 11 heteroatoms. The molecule has 0 saturated heterocycles. The summed E-state index contributed by atoms with van der Waals surface area (Å²) in [5.74, 6) is 0.0143. The first kappa shape index (κ1) is 16.7. The van der Waals surface area contributed by atoms with Crippen LogP contribution in [0.4, 0.5) is 18.9 Å². The van der Waals surface area contributed by atoms with E-state index in [2.05, 4.69) is 25.9 Å². The van der Waals surface area contributed by atoms with Crippen LogP contribution in [-0.2, 0) is 6.18 Å². The average Bonchev–Trinajstić information content (AvgIpc) is 3.01. The predicted octanol–water partition coefficient (Wildman–Crippen LogP) is 2.67. The lowest BCUT2D eigenvalue weighted by Gasteiger charge is -2.12. The molecular formula is C12H5F3IN7. The zero-order valence-corrected chi connectivity index (χ0v) is 13.1. The van der Waals surface area contributed by atoms with Crippen molar-refractivity contribution in [2.45, 2.75) is 6.18 Å². The fourth-order valence-corrected chi connectivity index (χ4v) is 2.35. The number of allylic oxidation sites excluding steroid dienone is 1. The number of nitrogens with one attached hydrogen (secondary N) is 2. The molecule has 1 aromatic carbocycles. The first-order valence-corrected chi connectivity index (χ1v) is 6.86. The lowest BCUT2D eigenvalue weighted by Crippen LogP contribution is -2.07. The Bertz CT molecular complexity index is 828. The number of benzene rings is 1. The first-order chi connectivity index (χ1) is 10.9. The van der Waals surface area contributed by atoms with Crippen LogP contribution in [0, 0.1) is 26.2 Å². The number of alkyl halides is 3. The Hall–Kier alpha value is -2.67. The van der Waals surface area contributed by atoms with Gasteiger partial charge >= 0.3 is 6.18 Å². The zero-order chi connectivity index (χ0) is 17.0. The van der Waals surface area contributed by atoms with Gasteiger partial charge in [-0.15, -0.1) is 10.2 Å². The van der Waals surface area contributed by atoms with E-state index in [0.29, 0.717) is 0 Å². The molecule has 7 nitrogen and oxygen atoms in total. The summed E-state index contributed by atoms with van der Waals surface area (Å²) in [6.45, 7) is 0. The Morgan fingerprint density at radius 1 is 1.35 bits per heavy atom. The van der Waals surface area contributed by atoms with E-state index in [4.69, 9.17) is 10.5 Å². The highest BCUT2D eigenvalue weighted by molar-refractivity contribution is 14.1. The largest absolute Gasteiger partial charge is 0.416 e. The van der Waals surface area contributed by atoms with Gasteiger partial charge in [-0.25, -0.2) is 0 Å². The van der Waals surface area contributed by atoms with Crippen LogP contribution in [0.15, 0.2) is 18.3 Å². The standard InChI is InChI=1S/C12H5F3IN7/c13-12(14,15)8-1-6(3-17)10(9(16)2-8)19-5-7(4-18)11-20-22-23-21-11/h1-2,5,19H,(H,20,21,22,23). The summed E-state index contributed by atoms with van der Waals surface area (Å²) in [7, 11) is 0. The van der Waals surface area contributed by atoms with Crippen LogP contribution in [-0.4, -0.2) is 20.6 Å². The Morgan fingerprint density at radius 3 is 2.61 bits per heavy atom. The minimum Gasteiger partial charge on any atom is -0.358 e. The van der Waals surface area contributed by atoms with E-state index in [9.17, 15) is 13.2 Å². The molecule has 0 unspecified atom stereocenters. The molecule has 23 heavy (non-hydrogen) atoms. The van der Waals surface area contributed by atoms with Gasteiger partial charge < -0.3 is 5.32 Å². The number of nitrogens with zero attached hydrogens (tertiary/aromatic N) is 5. The van der Waals surface area contributed by atoms with Crippen molar-refractivity contribution >= 4 is 33.9 Å². The van der Waals surface area contributed by atoms with Gasteiger partial charge in [0.25, 0.3) is 0 Å². The number of anilines is 1. The predicted molar refractivity (Wildman–Crippen MR) is 80.3 cm³/mol. The van der Waals surface area contributed by atoms with Crippen molar-refractivity contribution in [3.63, 3.8) is 0 Å². The smallest absolute Gasteiger partial charge is 0.358 e. The van der Waals surface area contributed by atoms with Gasteiger partial charge in [0.2, 0.25) is 5.82 Å². The molecular weight excluding hydrogens is 426 g/mol. The van der Waals surface area contributed by atoms with Crippen molar-refractivity contribution in [1.82, 2.24) is 20.6 Å². The van der Waals surface area contributed by atoms with Gasteiger partial charge in [0.15, 0.2) is 0 Å². The van der Waals surface area contributed by atoms with E-state index in [0.717, 1.165) is 12.1 Å². The monoisotopic (exact) mass is 431 g/mol. The number of hydrogen-bond acceptors (Lipinski definition) is 6. The van der Waals surface area contributed by atoms with Crippen LogP contribution in [0.1, 0.15) is 17.0 Å². The van der Waals surface area contributed by atoms with Crippen molar-refractivity contribution in [3.05, 3.63) is 38.9 Å². The highest BCUT2D eigenvalue weighted by atomic mass is 127. The van der Waals surface area contributed by atoms with Crippen LogP contribution in [0.25, 0.3) is 5.57 Å². The van der Waals surface area contributed by atoms with Crippen molar-refractivity contribution in [2.75, 3.05) is 5.32 Å². The summed E-state index contributed by atoms with van der Waals surface area (Å²) >= 11 is 1.67. The highest BCUT2D eigenvalue weighted by Crippen LogP contribution is 2.34. The number of rotatable bonds is 3. The number of tetrazole rings is 1. The quantitative estimate of drug-likeness (QED) is 0.571. The second-order valence-electron chi connectivity index (χ2n) is 4.04. The molecule has 2 N–H and O–H groups in total. The molecule has 1 heterocycles. The number of H-pyrrole nitrogens is 1. The van der Waals surface area contributed by atoms with Crippen molar-refractivity contribution in [2.24, 2.45) is 0 Å². The Labute approximate surface area is 140 Å². The van der Waals surface area contributed by atoms with Crippen LogP contribution in [0.2, 0.25) is 0 Å². The summed E-state index contributed by atoms with van der Waals surface area (Å²) in [5, 5.41) is 33.4. The van der Waals surface area contributed by atoms with E-state index >= 15 is 0 Å². The fourth-order valence-electron chi connectivity index (χ4n) is 1.57. The Morgan fingerprint density at radius 2 is 2.09 bits per heavy atom. The van der Waals surface area contributed by atoms with Gasteiger partial charge in [0, 0.05) is 9.77 Å². The van der Waals surface area contributed by atoms with Gasteiger partial charge in [-0.2, -0.15) is 28.9 Å². The summed E-state index contributed by atoms with van der Waals surface area (Å²) in [5.41, 5.74) is -0.979. The normalized spacial score (nSPS) is 11.7. The maximum absolute atomic E-state index is 12.8. The van der Waals surface area contributed by atoms with Gasteiger partial charge in [0.1, 0.15) is 17.7 Å². The third-order valence-electron chi connectivity index (χ3n) is 2.61. The average molecular weight is 431 g/mol. The second-order valence-corrected chi connectivity index (χ2v) is 5.20. The maximum atomic E-state index is 12.8.